The van der Waals surface area contributed by atoms with Crippen molar-refractivity contribution < 1.29 is 14.3 Å². The molecule has 1 aromatic rings. The molecule has 1 unspecified atom stereocenters. The molecule has 2 fully saturated rings. The number of carbonyl (C=O) groups is 1. The number of hydrogen-bond donors (Lipinski definition) is 1. The lowest BCUT2D eigenvalue weighted by Gasteiger charge is -2.43. The predicted octanol–water partition coefficient (Wildman–Crippen LogP) is 3.14. The monoisotopic (exact) mass is 367 g/mol. The SMILES string of the molecule is COC(=O)COC1(c2cccc(Br)c2)CCNC12CCCC2. The zero-order chi connectivity index (χ0) is 15.6. The van der Waals surface area contributed by atoms with Crippen LogP contribution < -0.4 is 5.32 Å². The molecule has 4 nitrogen and oxygen atoms in total. The Morgan fingerprint density at radius 1 is 1.32 bits per heavy atom. The Morgan fingerprint density at radius 2 is 2.09 bits per heavy atom. The summed E-state index contributed by atoms with van der Waals surface area (Å²) in [7, 11) is 1.40. The van der Waals surface area contributed by atoms with E-state index in [4.69, 9.17) is 9.47 Å². The van der Waals surface area contributed by atoms with E-state index in [9.17, 15) is 4.79 Å². The lowest BCUT2D eigenvalue weighted by molar-refractivity contribution is -0.159. The minimum atomic E-state index is -0.457. The Bertz CT molecular complexity index is 551. The van der Waals surface area contributed by atoms with Crippen molar-refractivity contribution in [2.45, 2.75) is 43.2 Å². The standard InChI is InChI=1S/C17H22BrNO3/c1-21-15(20)12-22-17(13-5-4-6-14(18)11-13)9-10-19-16(17)7-2-3-8-16/h4-6,11,19H,2-3,7-10,12H2,1H3. The zero-order valence-electron chi connectivity index (χ0n) is 12.9. The Kier molecular flexibility index (Phi) is 4.57. The second-order valence-corrected chi connectivity index (χ2v) is 7.08. The fourth-order valence-electron chi connectivity index (χ4n) is 4.11. The maximum absolute atomic E-state index is 11.6. The van der Waals surface area contributed by atoms with Crippen molar-refractivity contribution in [2.24, 2.45) is 0 Å². The van der Waals surface area contributed by atoms with E-state index in [-0.39, 0.29) is 18.1 Å². The molecule has 0 aromatic heterocycles. The van der Waals surface area contributed by atoms with Gasteiger partial charge in [-0.05, 0) is 43.5 Å². The van der Waals surface area contributed by atoms with Gasteiger partial charge < -0.3 is 14.8 Å². The van der Waals surface area contributed by atoms with Crippen LogP contribution in [0.3, 0.4) is 0 Å². The molecule has 1 N–H and O–H groups in total. The van der Waals surface area contributed by atoms with E-state index in [0.29, 0.717) is 0 Å². The summed E-state index contributed by atoms with van der Waals surface area (Å²) in [4.78, 5) is 11.6. The predicted molar refractivity (Wildman–Crippen MR) is 87.6 cm³/mol. The van der Waals surface area contributed by atoms with E-state index in [1.165, 1.54) is 20.0 Å². The Labute approximate surface area is 139 Å². The molecule has 0 bridgehead atoms. The first-order valence-electron chi connectivity index (χ1n) is 7.84. The van der Waals surface area contributed by atoms with Crippen LogP contribution in [0.15, 0.2) is 28.7 Å². The molecule has 1 spiro atoms. The second-order valence-electron chi connectivity index (χ2n) is 6.17. The van der Waals surface area contributed by atoms with Crippen LogP contribution in [0, 0.1) is 0 Å². The van der Waals surface area contributed by atoms with Crippen molar-refractivity contribution in [1.29, 1.82) is 0 Å². The summed E-state index contributed by atoms with van der Waals surface area (Å²) >= 11 is 3.56. The van der Waals surface area contributed by atoms with Gasteiger partial charge >= 0.3 is 5.97 Å². The third kappa shape index (κ3) is 2.59. The summed E-state index contributed by atoms with van der Waals surface area (Å²) in [5.74, 6) is -0.325. The lowest BCUT2D eigenvalue weighted by atomic mass is 9.74. The number of esters is 1. The highest BCUT2D eigenvalue weighted by molar-refractivity contribution is 9.10. The van der Waals surface area contributed by atoms with E-state index in [0.717, 1.165) is 35.8 Å². The third-order valence-corrected chi connectivity index (χ3v) is 5.62. The molecular formula is C17H22BrNO3. The zero-order valence-corrected chi connectivity index (χ0v) is 14.4. The highest BCUT2D eigenvalue weighted by atomic mass is 79.9. The van der Waals surface area contributed by atoms with Crippen molar-refractivity contribution in [3.8, 4) is 0 Å². The molecule has 1 aromatic carbocycles. The Hall–Kier alpha value is -0.910. The van der Waals surface area contributed by atoms with Crippen LogP contribution in [0.25, 0.3) is 0 Å². The van der Waals surface area contributed by atoms with Gasteiger partial charge in [0.15, 0.2) is 0 Å². The van der Waals surface area contributed by atoms with Gasteiger partial charge in [-0.3, -0.25) is 0 Å². The molecule has 1 aliphatic carbocycles. The van der Waals surface area contributed by atoms with E-state index in [2.05, 4.69) is 33.4 Å². The van der Waals surface area contributed by atoms with Crippen LogP contribution in [0.4, 0.5) is 0 Å². The highest BCUT2D eigenvalue weighted by Crippen LogP contribution is 2.52. The van der Waals surface area contributed by atoms with Crippen molar-refractivity contribution in [2.75, 3.05) is 20.3 Å². The van der Waals surface area contributed by atoms with Gasteiger partial charge in [0.25, 0.3) is 0 Å². The number of halogens is 1. The summed E-state index contributed by atoms with van der Waals surface area (Å²) < 4.78 is 12.1. The Balaban J connectivity index is 2.00. The number of hydrogen-bond acceptors (Lipinski definition) is 4. The molecule has 1 saturated carbocycles. The summed E-state index contributed by atoms with van der Waals surface area (Å²) in [5, 5.41) is 3.69. The van der Waals surface area contributed by atoms with Gasteiger partial charge in [-0.15, -0.1) is 0 Å². The van der Waals surface area contributed by atoms with E-state index in [1.54, 1.807) is 0 Å². The number of carbonyl (C=O) groups excluding carboxylic acids is 1. The van der Waals surface area contributed by atoms with E-state index >= 15 is 0 Å². The molecule has 120 valence electrons. The normalized spacial score (nSPS) is 26.5. The minimum absolute atomic E-state index is 0.00750. The van der Waals surface area contributed by atoms with Crippen LogP contribution in [-0.2, 0) is 19.9 Å². The minimum Gasteiger partial charge on any atom is -0.467 e. The number of benzene rings is 1. The lowest BCUT2D eigenvalue weighted by Crippen LogP contribution is -2.54. The van der Waals surface area contributed by atoms with Crippen LogP contribution >= 0.6 is 15.9 Å². The number of ether oxygens (including phenoxy) is 2. The topological polar surface area (TPSA) is 47.6 Å². The van der Waals surface area contributed by atoms with Crippen LogP contribution in [0.2, 0.25) is 0 Å². The number of nitrogens with one attached hydrogen (secondary N) is 1. The molecule has 1 atom stereocenters. The largest absolute Gasteiger partial charge is 0.467 e. The molecule has 22 heavy (non-hydrogen) atoms. The summed E-state index contributed by atoms with van der Waals surface area (Å²) in [6.07, 6.45) is 5.44. The van der Waals surface area contributed by atoms with Crippen molar-refractivity contribution >= 4 is 21.9 Å². The summed E-state index contributed by atoms with van der Waals surface area (Å²) in [5.41, 5.74) is 0.612. The fraction of sp³-hybridized carbons (Fsp3) is 0.588. The van der Waals surface area contributed by atoms with Crippen LogP contribution in [-0.4, -0.2) is 31.8 Å². The van der Waals surface area contributed by atoms with Crippen LogP contribution in [0.5, 0.6) is 0 Å². The van der Waals surface area contributed by atoms with Crippen molar-refractivity contribution in [1.82, 2.24) is 5.32 Å². The first-order chi connectivity index (χ1) is 10.6. The van der Waals surface area contributed by atoms with Gasteiger partial charge in [-0.25, -0.2) is 4.79 Å². The van der Waals surface area contributed by atoms with Crippen molar-refractivity contribution in [3.63, 3.8) is 0 Å². The molecule has 2 aliphatic rings. The molecule has 0 radical (unpaired) electrons. The van der Waals surface area contributed by atoms with E-state index < -0.39 is 5.60 Å². The maximum Gasteiger partial charge on any atom is 0.331 e. The van der Waals surface area contributed by atoms with Gasteiger partial charge in [-0.2, -0.15) is 0 Å². The molecule has 5 heteroatoms. The molecule has 0 amide bonds. The van der Waals surface area contributed by atoms with Gasteiger partial charge in [0, 0.05) is 4.47 Å². The molecule has 1 saturated heterocycles. The summed E-state index contributed by atoms with van der Waals surface area (Å²) in [6.45, 7) is 0.903. The first-order valence-corrected chi connectivity index (χ1v) is 8.63. The molecule has 1 heterocycles. The average molecular weight is 368 g/mol. The van der Waals surface area contributed by atoms with Crippen LogP contribution in [0.1, 0.15) is 37.7 Å². The highest BCUT2D eigenvalue weighted by Gasteiger charge is 2.58. The van der Waals surface area contributed by atoms with Crippen molar-refractivity contribution in [3.05, 3.63) is 34.3 Å². The number of methoxy groups -OCH3 is 1. The van der Waals surface area contributed by atoms with Gasteiger partial charge in [0.1, 0.15) is 12.2 Å². The molecular weight excluding hydrogens is 346 g/mol. The maximum atomic E-state index is 11.6. The third-order valence-electron chi connectivity index (χ3n) is 5.13. The fourth-order valence-corrected chi connectivity index (χ4v) is 4.51. The van der Waals surface area contributed by atoms with Gasteiger partial charge in [-0.1, -0.05) is 40.9 Å². The second kappa shape index (κ2) is 6.30. The van der Waals surface area contributed by atoms with Gasteiger partial charge in [0.05, 0.1) is 12.6 Å². The average Bonchev–Trinajstić information content (AvgIpc) is 3.14. The quantitative estimate of drug-likeness (QED) is 0.830. The Morgan fingerprint density at radius 3 is 2.77 bits per heavy atom. The van der Waals surface area contributed by atoms with E-state index in [1.807, 2.05) is 12.1 Å². The molecule has 3 rings (SSSR count). The summed E-state index contributed by atoms with van der Waals surface area (Å²) in [6, 6.07) is 8.27. The first kappa shape index (κ1) is 16.0. The number of rotatable bonds is 4. The van der Waals surface area contributed by atoms with Gasteiger partial charge in [0.2, 0.25) is 0 Å². The smallest absolute Gasteiger partial charge is 0.331 e. The molecule has 1 aliphatic heterocycles.